The molecule has 0 saturated heterocycles. The first-order valence-electron chi connectivity index (χ1n) is 13.3. The van der Waals surface area contributed by atoms with Gasteiger partial charge in [0.05, 0.1) is 52.5 Å². The molecule has 41 heavy (non-hydrogen) atoms. The average Bonchev–Trinajstić information content (AvgIpc) is 3.27. The van der Waals surface area contributed by atoms with E-state index in [1.807, 2.05) is 13.8 Å². The van der Waals surface area contributed by atoms with Crippen LogP contribution in [0.3, 0.4) is 0 Å². The fourth-order valence-corrected chi connectivity index (χ4v) is 6.02. The molecule has 3 rings (SSSR count). The van der Waals surface area contributed by atoms with Crippen LogP contribution in [0.1, 0.15) is 93.3 Å². The summed E-state index contributed by atoms with van der Waals surface area (Å²) >= 11 is 12.2. The number of carbonyl (C=O) groups excluding carboxylic acids is 3. The first kappa shape index (κ1) is 32.8. The Morgan fingerprint density at radius 3 is 2.22 bits per heavy atom. The smallest absolute Gasteiger partial charge is 0.433 e. The minimum absolute atomic E-state index is 0.0297. The predicted octanol–water partition coefficient (Wildman–Crippen LogP) is 6.91. The van der Waals surface area contributed by atoms with Crippen molar-refractivity contribution in [3.05, 3.63) is 45.5 Å². The summed E-state index contributed by atoms with van der Waals surface area (Å²) in [5, 5.41) is 3.98. The van der Waals surface area contributed by atoms with Crippen molar-refractivity contribution in [1.29, 1.82) is 0 Å². The van der Waals surface area contributed by atoms with Crippen LogP contribution in [0.15, 0.2) is 18.6 Å². The second kappa shape index (κ2) is 12.3. The third-order valence-electron chi connectivity index (χ3n) is 7.12. The van der Waals surface area contributed by atoms with Crippen LogP contribution in [-0.2, 0) is 15.7 Å². The summed E-state index contributed by atoms with van der Waals surface area (Å²) < 4.78 is 49.8. The summed E-state index contributed by atoms with van der Waals surface area (Å²) in [5.41, 5.74) is -3.15. The van der Waals surface area contributed by atoms with Crippen molar-refractivity contribution in [1.82, 2.24) is 19.7 Å². The maximum atomic E-state index is 14.6. The SMILES string of the molecule is CCOC(=O)[C@H]1CC[C@H](n2ncc(C(=O)N(CC(=O)c3c(Cl)cncc3Cl)CC(C)(C)C)c2C(F)(F)F)CC1(C)C. The number of pyridine rings is 1. The van der Waals surface area contributed by atoms with Crippen molar-refractivity contribution in [2.45, 2.75) is 73.0 Å². The number of Topliss-reactive ketones (excluding diaryl/α,β-unsaturated/α-hetero) is 1. The van der Waals surface area contributed by atoms with Crippen LogP contribution in [-0.4, -0.2) is 57.0 Å². The molecule has 13 heteroatoms. The number of alkyl halides is 3. The molecule has 1 aliphatic carbocycles. The molecule has 1 saturated carbocycles. The van der Waals surface area contributed by atoms with Crippen molar-refractivity contribution < 1.29 is 32.3 Å². The summed E-state index contributed by atoms with van der Waals surface area (Å²) in [4.78, 5) is 44.3. The molecule has 2 atom stereocenters. The molecule has 8 nitrogen and oxygen atoms in total. The zero-order valence-electron chi connectivity index (χ0n) is 23.9. The summed E-state index contributed by atoms with van der Waals surface area (Å²) in [6.45, 7) is 10.3. The molecule has 1 amide bonds. The lowest BCUT2D eigenvalue weighted by molar-refractivity contribution is -0.156. The van der Waals surface area contributed by atoms with E-state index in [0.717, 1.165) is 15.8 Å². The Bertz CT molecular complexity index is 1280. The van der Waals surface area contributed by atoms with Gasteiger partial charge in [-0.3, -0.25) is 24.0 Å². The number of ketones is 1. The number of ether oxygens (including phenoxy) is 1. The first-order chi connectivity index (χ1) is 18.9. The van der Waals surface area contributed by atoms with Crippen LogP contribution in [0.25, 0.3) is 0 Å². The van der Waals surface area contributed by atoms with E-state index in [1.165, 1.54) is 12.4 Å². The Hall–Kier alpha value is -2.66. The topological polar surface area (TPSA) is 94.4 Å². The van der Waals surface area contributed by atoms with E-state index in [9.17, 15) is 27.6 Å². The van der Waals surface area contributed by atoms with Gasteiger partial charge in [0.25, 0.3) is 5.91 Å². The second-order valence-electron chi connectivity index (χ2n) is 12.2. The number of halogens is 5. The fourth-order valence-electron chi connectivity index (χ4n) is 5.44. The summed E-state index contributed by atoms with van der Waals surface area (Å²) in [6.07, 6.45) is -0.788. The van der Waals surface area contributed by atoms with Crippen molar-refractivity contribution in [3.63, 3.8) is 0 Å². The van der Waals surface area contributed by atoms with Crippen molar-refractivity contribution >= 4 is 40.9 Å². The maximum absolute atomic E-state index is 14.6. The highest BCUT2D eigenvalue weighted by Gasteiger charge is 2.47. The van der Waals surface area contributed by atoms with Gasteiger partial charge in [0.15, 0.2) is 11.5 Å². The first-order valence-corrected chi connectivity index (χ1v) is 14.1. The van der Waals surface area contributed by atoms with Gasteiger partial charge in [0, 0.05) is 18.9 Å². The molecule has 0 N–H and O–H groups in total. The summed E-state index contributed by atoms with van der Waals surface area (Å²) in [7, 11) is 0. The highest BCUT2D eigenvalue weighted by molar-refractivity contribution is 6.39. The third-order valence-corrected chi connectivity index (χ3v) is 7.70. The van der Waals surface area contributed by atoms with Crippen molar-refractivity contribution in [3.8, 4) is 0 Å². The Labute approximate surface area is 247 Å². The van der Waals surface area contributed by atoms with Gasteiger partial charge in [-0.1, -0.05) is 57.8 Å². The molecule has 2 heterocycles. The Morgan fingerprint density at radius 2 is 1.71 bits per heavy atom. The van der Waals surface area contributed by atoms with Gasteiger partial charge in [-0.15, -0.1) is 0 Å². The highest BCUT2D eigenvalue weighted by atomic mass is 35.5. The maximum Gasteiger partial charge on any atom is 0.433 e. The van der Waals surface area contributed by atoms with E-state index in [-0.39, 0.29) is 47.6 Å². The van der Waals surface area contributed by atoms with Crippen LogP contribution < -0.4 is 0 Å². The lowest BCUT2D eigenvalue weighted by Crippen LogP contribution is -2.42. The van der Waals surface area contributed by atoms with Crippen LogP contribution in [0, 0.1) is 16.7 Å². The lowest BCUT2D eigenvalue weighted by Gasteiger charge is -2.41. The Kier molecular flexibility index (Phi) is 9.85. The van der Waals surface area contributed by atoms with E-state index in [4.69, 9.17) is 27.9 Å². The van der Waals surface area contributed by atoms with E-state index in [2.05, 4.69) is 10.1 Å². The van der Waals surface area contributed by atoms with E-state index < -0.39 is 58.5 Å². The predicted molar refractivity (Wildman–Crippen MR) is 148 cm³/mol. The molecule has 1 aliphatic rings. The Morgan fingerprint density at radius 1 is 1.10 bits per heavy atom. The average molecular weight is 620 g/mol. The molecule has 0 unspecified atom stereocenters. The summed E-state index contributed by atoms with van der Waals surface area (Å²) in [5.74, 6) is -2.47. The number of esters is 1. The number of aromatic nitrogens is 3. The van der Waals surface area contributed by atoms with Crippen LogP contribution in [0.5, 0.6) is 0 Å². The molecule has 0 radical (unpaired) electrons. The second-order valence-corrected chi connectivity index (χ2v) is 13.0. The van der Waals surface area contributed by atoms with Crippen molar-refractivity contribution in [2.75, 3.05) is 19.7 Å². The van der Waals surface area contributed by atoms with Gasteiger partial charge >= 0.3 is 12.1 Å². The molecule has 0 aromatic carbocycles. The van der Waals surface area contributed by atoms with E-state index in [1.54, 1.807) is 27.7 Å². The van der Waals surface area contributed by atoms with Gasteiger partial charge in [0.2, 0.25) is 0 Å². The number of carbonyl (C=O) groups is 3. The van der Waals surface area contributed by atoms with Gasteiger partial charge < -0.3 is 9.64 Å². The largest absolute Gasteiger partial charge is 0.466 e. The standard InChI is InChI=1S/C28H35Cl2F3N4O4/c1-7-41-25(40)18-9-8-16(10-27(18,5)6)37-23(28(31,32)33)17(11-35-37)24(39)36(15-26(2,3)4)14-21(38)22-19(29)12-34-13-20(22)30/h11-13,16,18H,7-10,14-15H2,1-6H3/t16-,18+/m0/s1. The number of rotatable bonds is 8. The molecule has 0 bridgehead atoms. The minimum atomic E-state index is -4.92. The highest BCUT2D eigenvalue weighted by Crippen LogP contribution is 2.47. The molecule has 2 aromatic heterocycles. The number of hydrogen-bond acceptors (Lipinski definition) is 6. The van der Waals surface area contributed by atoms with Gasteiger partial charge in [-0.25, -0.2) is 0 Å². The van der Waals surface area contributed by atoms with Crippen LogP contribution >= 0.6 is 23.2 Å². The third kappa shape index (κ3) is 7.60. The quantitative estimate of drug-likeness (QED) is 0.236. The molecule has 2 aromatic rings. The van der Waals surface area contributed by atoms with Gasteiger partial charge in [0.1, 0.15) is 0 Å². The number of amides is 1. The lowest BCUT2D eigenvalue weighted by atomic mass is 9.67. The van der Waals surface area contributed by atoms with Gasteiger partial charge in [-0.05, 0) is 37.0 Å². The molecular formula is C28H35Cl2F3N4O4. The van der Waals surface area contributed by atoms with Crippen molar-refractivity contribution in [2.24, 2.45) is 16.7 Å². The molecular weight excluding hydrogens is 584 g/mol. The van der Waals surface area contributed by atoms with Crippen LogP contribution in [0.4, 0.5) is 13.2 Å². The zero-order valence-corrected chi connectivity index (χ0v) is 25.5. The monoisotopic (exact) mass is 618 g/mol. The number of hydrogen-bond donors (Lipinski definition) is 0. The molecule has 0 spiro atoms. The van der Waals surface area contributed by atoms with E-state index in [0.29, 0.717) is 6.42 Å². The molecule has 226 valence electrons. The number of nitrogens with zero attached hydrogens (tertiary/aromatic N) is 4. The fraction of sp³-hybridized carbons (Fsp3) is 0.607. The minimum Gasteiger partial charge on any atom is -0.466 e. The normalized spacial score (nSPS) is 19.1. The molecule has 1 fully saturated rings. The zero-order chi connectivity index (χ0) is 30.9. The van der Waals surface area contributed by atoms with Gasteiger partial charge in [-0.2, -0.15) is 18.3 Å². The Balaban J connectivity index is 1.99. The van der Waals surface area contributed by atoms with E-state index >= 15 is 0 Å². The molecule has 0 aliphatic heterocycles. The summed E-state index contributed by atoms with van der Waals surface area (Å²) in [6, 6.07) is -0.707. The van der Waals surface area contributed by atoms with Crippen LogP contribution in [0.2, 0.25) is 10.0 Å².